The highest BCUT2D eigenvalue weighted by atomic mass is 32.2. The van der Waals surface area contributed by atoms with Gasteiger partial charge in [0, 0.05) is 6.42 Å². The van der Waals surface area contributed by atoms with Crippen LogP contribution in [-0.4, -0.2) is 36.8 Å². The number of anilines is 1. The van der Waals surface area contributed by atoms with Crippen LogP contribution >= 0.6 is 0 Å². The molecule has 0 spiro atoms. The van der Waals surface area contributed by atoms with Gasteiger partial charge in [-0.25, -0.2) is 13.2 Å². The fraction of sp³-hybridized carbons (Fsp3) is 0.125. The maximum absolute atomic E-state index is 12.7. The summed E-state index contributed by atoms with van der Waals surface area (Å²) in [5, 5.41) is 21.1. The number of hydroxylamine groups is 1. The molecule has 25 heavy (non-hydrogen) atoms. The Morgan fingerprint density at radius 2 is 1.80 bits per heavy atom. The second-order valence-corrected chi connectivity index (χ2v) is 7.41. The number of nitrogens with zero attached hydrogens (tertiary/aromatic N) is 1. The normalized spacial score (nSPS) is 17.1. The summed E-state index contributed by atoms with van der Waals surface area (Å²) in [5.41, 5.74) is 0.471. The minimum atomic E-state index is -3.77. The number of carboxylic acid groups (broad SMARTS) is 1. The molecule has 9 heteroatoms. The van der Waals surface area contributed by atoms with Crippen molar-refractivity contribution in [2.24, 2.45) is 0 Å². The van der Waals surface area contributed by atoms with Crippen molar-refractivity contribution in [1.82, 2.24) is 5.32 Å². The van der Waals surface area contributed by atoms with Crippen LogP contribution in [-0.2, 0) is 21.1 Å². The van der Waals surface area contributed by atoms with Crippen LogP contribution in [0.5, 0.6) is 0 Å². The molecule has 3 N–H and O–H groups in total. The van der Waals surface area contributed by atoms with E-state index in [0.29, 0.717) is 10.6 Å². The van der Waals surface area contributed by atoms with Crippen LogP contribution in [0.4, 0.5) is 10.5 Å². The zero-order chi connectivity index (χ0) is 18.2. The van der Waals surface area contributed by atoms with Crippen LogP contribution in [0.25, 0.3) is 0 Å². The van der Waals surface area contributed by atoms with Crippen LogP contribution < -0.4 is 10.4 Å². The largest absolute Gasteiger partial charge is 0.465 e. The number of nitrogens with one attached hydrogen (secondary N) is 1. The van der Waals surface area contributed by atoms with Crippen LogP contribution in [0.3, 0.4) is 0 Å². The molecule has 0 fully saturated rings. The van der Waals surface area contributed by atoms with E-state index in [1.165, 1.54) is 30.3 Å². The lowest BCUT2D eigenvalue weighted by Crippen LogP contribution is -2.51. The van der Waals surface area contributed by atoms with Gasteiger partial charge in [-0.3, -0.25) is 10.0 Å². The molecule has 1 aliphatic rings. The third kappa shape index (κ3) is 3.06. The van der Waals surface area contributed by atoms with E-state index in [4.69, 9.17) is 5.11 Å². The number of carbonyl (C=O) groups is 2. The summed E-state index contributed by atoms with van der Waals surface area (Å²) in [7, 11) is -3.77. The predicted octanol–water partition coefficient (Wildman–Crippen LogP) is 1.43. The molecular formula is C16H14N2O6S. The van der Waals surface area contributed by atoms with Crippen LogP contribution in [0, 0.1) is 0 Å². The molecule has 0 saturated heterocycles. The fourth-order valence-electron chi connectivity index (χ4n) is 2.67. The van der Waals surface area contributed by atoms with Crippen molar-refractivity contribution in [3.8, 4) is 0 Å². The molecule has 0 radical (unpaired) electrons. The number of carbonyl (C=O) groups excluding carboxylic acids is 1. The molecule has 1 heterocycles. The Morgan fingerprint density at radius 1 is 1.12 bits per heavy atom. The Morgan fingerprint density at radius 3 is 2.44 bits per heavy atom. The number of benzene rings is 2. The molecule has 0 unspecified atom stereocenters. The number of hydrogen-bond donors (Lipinski definition) is 3. The van der Waals surface area contributed by atoms with Gasteiger partial charge in [-0.2, -0.15) is 5.06 Å². The maximum atomic E-state index is 12.7. The van der Waals surface area contributed by atoms with E-state index in [-0.39, 0.29) is 21.9 Å². The van der Waals surface area contributed by atoms with E-state index in [1.54, 1.807) is 18.2 Å². The molecule has 0 aliphatic carbocycles. The summed E-state index contributed by atoms with van der Waals surface area (Å²) in [4.78, 5) is 22.9. The smallest absolute Gasteiger partial charge is 0.405 e. The first-order valence-corrected chi connectivity index (χ1v) is 8.74. The summed E-state index contributed by atoms with van der Waals surface area (Å²) in [6, 6.07) is 10.6. The summed E-state index contributed by atoms with van der Waals surface area (Å²) >= 11 is 0. The van der Waals surface area contributed by atoms with Gasteiger partial charge < -0.3 is 10.4 Å². The van der Waals surface area contributed by atoms with Crippen molar-refractivity contribution in [1.29, 1.82) is 0 Å². The van der Waals surface area contributed by atoms with E-state index in [0.717, 1.165) is 0 Å². The van der Waals surface area contributed by atoms with Crippen molar-refractivity contribution >= 4 is 27.5 Å². The minimum absolute atomic E-state index is 0.00530. The van der Waals surface area contributed by atoms with E-state index in [9.17, 15) is 23.2 Å². The average Bonchev–Trinajstić information content (AvgIpc) is 2.59. The van der Waals surface area contributed by atoms with E-state index in [2.05, 4.69) is 0 Å². The quantitative estimate of drug-likeness (QED) is 0.710. The molecule has 1 atom stereocenters. The molecule has 130 valence electrons. The Balaban J connectivity index is 2.03. The molecule has 2 aromatic carbocycles. The van der Waals surface area contributed by atoms with Gasteiger partial charge in [0.15, 0.2) is 0 Å². The van der Waals surface area contributed by atoms with Crippen LogP contribution in [0.1, 0.15) is 5.56 Å². The van der Waals surface area contributed by atoms with Gasteiger partial charge >= 0.3 is 6.09 Å². The highest BCUT2D eigenvalue weighted by molar-refractivity contribution is 7.91. The molecule has 3 rings (SSSR count). The summed E-state index contributed by atoms with van der Waals surface area (Å²) in [5.74, 6) is -0.825. The molecule has 2 amide bonds. The number of hydrogen-bond acceptors (Lipinski definition) is 5. The Hall–Kier alpha value is -2.91. The van der Waals surface area contributed by atoms with Gasteiger partial charge in [-0.15, -0.1) is 0 Å². The SMILES string of the molecule is O=C(O)N[C@H]1Cc2cc(S(=O)(=O)c3ccccc3)ccc2N(O)C1=O. The van der Waals surface area contributed by atoms with E-state index >= 15 is 0 Å². The molecule has 1 aliphatic heterocycles. The van der Waals surface area contributed by atoms with Crippen LogP contribution in [0.2, 0.25) is 0 Å². The van der Waals surface area contributed by atoms with Gasteiger partial charge in [-0.05, 0) is 35.9 Å². The van der Waals surface area contributed by atoms with Gasteiger partial charge in [0.05, 0.1) is 15.5 Å². The third-order valence-electron chi connectivity index (χ3n) is 3.87. The number of fused-ring (bicyclic) bond motifs is 1. The van der Waals surface area contributed by atoms with Crippen molar-refractivity contribution in [2.75, 3.05) is 5.06 Å². The predicted molar refractivity (Wildman–Crippen MR) is 86.3 cm³/mol. The number of amides is 2. The Bertz CT molecular complexity index is 942. The van der Waals surface area contributed by atoms with Crippen molar-refractivity contribution < 1.29 is 28.3 Å². The molecule has 8 nitrogen and oxygen atoms in total. The minimum Gasteiger partial charge on any atom is -0.465 e. The first kappa shape index (κ1) is 16.9. The lowest BCUT2D eigenvalue weighted by Gasteiger charge is -2.29. The summed E-state index contributed by atoms with van der Waals surface area (Å²) < 4.78 is 25.3. The second-order valence-electron chi connectivity index (χ2n) is 5.46. The monoisotopic (exact) mass is 362 g/mol. The fourth-order valence-corrected chi connectivity index (χ4v) is 4.00. The summed E-state index contributed by atoms with van der Waals surface area (Å²) in [6.45, 7) is 0. The number of rotatable bonds is 3. The highest BCUT2D eigenvalue weighted by Crippen LogP contribution is 2.31. The van der Waals surface area contributed by atoms with Crippen molar-refractivity contribution in [3.05, 3.63) is 54.1 Å². The average molecular weight is 362 g/mol. The van der Waals surface area contributed by atoms with Crippen molar-refractivity contribution in [2.45, 2.75) is 22.3 Å². The van der Waals surface area contributed by atoms with Gasteiger partial charge in [0.1, 0.15) is 6.04 Å². The van der Waals surface area contributed by atoms with Gasteiger partial charge in [-0.1, -0.05) is 18.2 Å². The highest BCUT2D eigenvalue weighted by Gasteiger charge is 2.34. The zero-order valence-corrected chi connectivity index (χ0v) is 13.6. The molecule has 0 saturated carbocycles. The topological polar surface area (TPSA) is 124 Å². The van der Waals surface area contributed by atoms with Gasteiger partial charge in [0.25, 0.3) is 5.91 Å². The maximum Gasteiger partial charge on any atom is 0.405 e. The second kappa shape index (κ2) is 6.19. The third-order valence-corrected chi connectivity index (χ3v) is 5.64. The molecule has 0 bridgehead atoms. The van der Waals surface area contributed by atoms with E-state index in [1.807, 2.05) is 5.32 Å². The molecule has 0 aromatic heterocycles. The van der Waals surface area contributed by atoms with Gasteiger partial charge in [0.2, 0.25) is 9.84 Å². The standard InChI is InChI=1S/C16H14N2O6S/c19-15-13(17-16(20)21)9-10-8-12(6-7-14(10)18(15)22)25(23,24)11-4-2-1-3-5-11/h1-8,13,17,22H,9H2,(H,20,21)/t13-/m0/s1. The van der Waals surface area contributed by atoms with Crippen molar-refractivity contribution in [3.63, 3.8) is 0 Å². The Labute approximate surface area is 143 Å². The molecular weight excluding hydrogens is 348 g/mol. The first-order valence-electron chi connectivity index (χ1n) is 7.26. The molecule has 2 aromatic rings. The van der Waals surface area contributed by atoms with E-state index < -0.39 is 27.9 Å². The van der Waals surface area contributed by atoms with Crippen LogP contribution in [0.15, 0.2) is 58.3 Å². The lowest BCUT2D eigenvalue weighted by atomic mass is 9.99. The summed E-state index contributed by atoms with van der Waals surface area (Å²) in [6.07, 6.45) is -1.47. The lowest BCUT2D eigenvalue weighted by molar-refractivity contribution is -0.126. The number of sulfone groups is 1. The Kier molecular flexibility index (Phi) is 4.19. The first-order chi connectivity index (χ1) is 11.8. The zero-order valence-electron chi connectivity index (χ0n) is 12.8.